The third-order valence-electron chi connectivity index (χ3n) is 2.72. The molecule has 5 heteroatoms. The van der Waals surface area contributed by atoms with Gasteiger partial charge in [0, 0.05) is 10.6 Å². The smallest absolute Gasteiger partial charge is 0.271 e. The van der Waals surface area contributed by atoms with Crippen LogP contribution in [0.5, 0.6) is 5.75 Å². The zero-order valence-electron chi connectivity index (χ0n) is 12.4. The normalized spacial score (nSPS) is 10.9. The average molecular weight is 317 g/mol. The van der Waals surface area contributed by atoms with Gasteiger partial charge in [-0.2, -0.15) is 5.10 Å². The first kappa shape index (κ1) is 16.0. The Hall–Kier alpha value is -2.33. The number of ether oxygens (including phenoxy) is 1. The van der Waals surface area contributed by atoms with Gasteiger partial charge >= 0.3 is 0 Å². The van der Waals surface area contributed by atoms with Gasteiger partial charge in [-0.05, 0) is 61.9 Å². The SMILES string of the molecule is CC(C)Oc1ccc(C=NNC(=O)c2cccc(Cl)c2)cc1. The first-order valence-corrected chi connectivity index (χ1v) is 7.28. The molecule has 4 nitrogen and oxygen atoms in total. The van der Waals surface area contributed by atoms with E-state index >= 15 is 0 Å². The maximum Gasteiger partial charge on any atom is 0.271 e. The van der Waals surface area contributed by atoms with Gasteiger partial charge in [-0.25, -0.2) is 5.43 Å². The Bertz CT molecular complexity index is 667. The molecule has 0 saturated carbocycles. The maximum absolute atomic E-state index is 11.9. The molecule has 0 aliphatic rings. The third-order valence-corrected chi connectivity index (χ3v) is 2.95. The number of hydrogen-bond donors (Lipinski definition) is 1. The number of amides is 1. The lowest BCUT2D eigenvalue weighted by atomic mass is 10.2. The molecule has 2 rings (SSSR count). The van der Waals surface area contributed by atoms with Crippen LogP contribution in [0, 0.1) is 0 Å². The van der Waals surface area contributed by atoms with E-state index in [1.165, 1.54) is 0 Å². The number of nitrogens with zero attached hydrogens (tertiary/aromatic N) is 1. The lowest BCUT2D eigenvalue weighted by molar-refractivity contribution is 0.0955. The van der Waals surface area contributed by atoms with E-state index in [4.69, 9.17) is 16.3 Å². The van der Waals surface area contributed by atoms with Crippen LogP contribution in [0.4, 0.5) is 0 Å². The van der Waals surface area contributed by atoms with E-state index in [0.717, 1.165) is 11.3 Å². The number of rotatable bonds is 5. The van der Waals surface area contributed by atoms with Gasteiger partial charge in [0.25, 0.3) is 5.91 Å². The van der Waals surface area contributed by atoms with Gasteiger partial charge in [0.15, 0.2) is 0 Å². The van der Waals surface area contributed by atoms with Gasteiger partial charge in [0.1, 0.15) is 5.75 Å². The minimum Gasteiger partial charge on any atom is -0.491 e. The van der Waals surface area contributed by atoms with E-state index in [-0.39, 0.29) is 12.0 Å². The van der Waals surface area contributed by atoms with E-state index in [2.05, 4.69) is 10.5 Å². The summed E-state index contributed by atoms with van der Waals surface area (Å²) in [7, 11) is 0. The molecule has 2 aromatic rings. The molecular weight excluding hydrogens is 300 g/mol. The number of carbonyl (C=O) groups is 1. The minimum atomic E-state index is -0.307. The lowest BCUT2D eigenvalue weighted by Gasteiger charge is -2.09. The highest BCUT2D eigenvalue weighted by Gasteiger charge is 2.03. The summed E-state index contributed by atoms with van der Waals surface area (Å²) in [6.07, 6.45) is 1.71. The molecule has 0 unspecified atom stereocenters. The van der Waals surface area contributed by atoms with Crippen molar-refractivity contribution in [1.82, 2.24) is 5.43 Å². The van der Waals surface area contributed by atoms with Gasteiger partial charge in [-0.3, -0.25) is 4.79 Å². The van der Waals surface area contributed by atoms with E-state index in [0.29, 0.717) is 10.6 Å². The first-order valence-electron chi connectivity index (χ1n) is 6.90. The van der Waals surface area contributed by atoms with Crippen molar-refractivity contribution >= 4 is 23.7 Å². The van der Waals surface area contributed by atoms with Crippen LogP contribution in [0.2, 0.25) is 5.02 Å². The predicted octanol–water partition coefficient (Wildman–Crippen LogP) is 3.89. The number of hydrazone groups is 1. The zero-order valence-corrected chi connectivity index (χ0v) is 13.2. The Kier molecular flexibility index (Phi) is 5.55. The Morgan fingerprint density at radius 3 is 2.59 bits per heavy atom. The molecule has 0 bridgehead atoms. The van der Waals surface area contributed by atoms with Crippen LogP contribution < -0.4 is 10.2 Å². The number of carbonyl (C=O) groups excluding carboxylic acids is 1. The van der Waals surface area contributed by atoms with Crippen LogP contribution in [0.1, 0.15) is 29.8 Å². The summed E-state index contributed by atoms with van der Waals surface area (Å²) in [4.78, 5) is 11.9. The molecule has 0 atom stereocenters. The quantitative estimate of drug-likeness (QED) is 0.672. The summed E-state index contributed by atoms with van der Waals surface area (Å²) in [5.74, 6) is 0.494. The van der Waals surface area contributed by atoms with Crippen molar-refractivity contribution in [2.75, 3.05) is 0 Å². The zero-order chi connectivity index (χ0) is 15.9. The van der Waals surface area contributed by atoms with Crippen molar-refractivity contribution in [2.45, 2.75) is 20.0 Å². The lowest BCUT2D eigenvalue weighted by Crippen LogP contribution is -2.17. The van der Waals surface area contributed by atoms with Crippen molar-refractivity contribution < 1.29 is 9.53 Å². The molecule has 1 amide bonds. The Morgan fingerprint density at radius 1 is 1.23 bits per heavy atom. The Labute approximate surface area is 134 Å². The van der Waals surface area contributed by atoms with Crippen molar-refractivity contribution in [3.63, 3.8) is 0 Å². The fourth-order valence-corrected chi connectivity index (χ4v) is 1.95. The molecule has 0 radical (unpaired) electrons. The van der Waals surface area contributed by atoms with Crippen LogP contribution in [0.25, 0.3) is 0 Å². The molecule has 1 N–H and O–H groups in total. The standard InChI is InChI=1S/C17H17ClN2O2/c1-12(2)22-16-8-6-13(7-9-16)11-19-20-17(21)14-4-3-5-15(18)10-14/h3-12H,1-2H3,(H,20,21). The highest BCUT2D eigenvalue weighted by molar-refractivity contribution is 6.30. The van der Waals surface area contributed by atoms with Crippen molar-refractivity contribution in [2.24, 2.45) is 5.10 Å². The second kappa shape index (κ2) is 7.61. The number of nitrogens with one attached hydrogen (secondary N) is 1. The number of benzene rings is 2. The predicted molar refractivity (Wildman–Crippen MR) is 88.7 cm³/mol. The van der Waals surface area contributed by atoms with Crippen LogP contribution in [-0.2, 0) is 0 Å². The monoisotopic (exact) mass is 316 g/mol. The van der Waals surface area contributed by atoms with Crippen LogP contribution in [0.15, 0.2) is 53.6 Å². The summed E-state index contributed by atoms with van der Waals surface area (Å²) in [5.41, 5.74) is 3.79. The van der Waals surface area contributed by atoms with Crippen LogP contribution in [-0.4, -0.2) is 18.2 Å². The molecule has 22 heavy (non-hydrogen) atoms. The molecular formula is C17H17ClN2O2. The van der Waals surface area contributed by atoms with E-state index in [1.54, 1.807) is 30.5 Å². The molecule has 0 saturated heterocycles. The van der Waals surface area contributed by atoms with Crippen molar-refractivity contribution in [3.8, 4) is 5.75 Å². The summed E-state index contributed by atoms with van der Waals surface area (Å²) in [6, 6.07) is 14.1. The van der Waals surface area contributed by atoms with Gasteiger partial charge in [0.2, 0.25) is 0 Å². The van der Waals surface area contributed by atoms with Gasteiger partial charge in [-0.1, -0.05) is 17.7 Å². The van der Waals surface area contributed by atoms with Crippen molar-refractivity contribution in [1.29, 1.82) is 0 Å². The third kappa shape index (κ3) is 4.90. The van der Waals surface area contributed by atoms with Gasteiger partial charge in [0.05, 0.1) is 12.3 Å². The summed E-state index contributed by atoms with van der Waals surface area (Å²) in [6.45, 7) is 3.95. The van der Waals surface area contributed by atoms with Gasteiger partial charge in [-0.15, -0.1) is 0 Å². The molecule has 0 aliphatic heterocycles. The maximum atomic E-state index is 11.9. The molecule has 2 aromatic carbocycles. The van der Waals surface area contributed by atoms with Crippen molar-refractivity contribution in [3.05, 3.63) is 64.7 Å². The average Bonchev–Trinajstić information content (AvgIpc) is 2.48. The topological polar surface area (TPSA) is 50.7 Å². The summed E-state index contributed by atoms with van der Waals surface area (Å²) < 4.78 is 5.55. The fraction of sp³-hybridized carbons (Fsp3) is 0.176. The second-order valence-electron chi connectivity index (χ2n) is 4.95. The number of halogens is 1. The highest BCUT2D eigenvalue weighted by atomic mass is 35.5. The van der Waals surface area contributed by atoms with E-state index < -0.39 is 0 Å². The fourth-order valence-electron chi connectivity index (χ4n) is 1.76. The largest absolute Gasteiger partial charge is 0.491 e. The molecule has 0 spiro atoms. The molecule has 0 aliphatic carbocycles. The highest BCUT2D eigenvalue weighted by Crippen LogP contribution is 2.13. The Balaban J connectivity index is 1.93. The molecule has 0 fully saturated rings. The van der Waals surface area contributed by atoms with Crippen LogP contribution >= 0.6 is 11.6 Å². The van der Waals surface area contributed by atoms with Crippen LogP contribution in [0.3, 0.4) is 0 Å². The Morgan fingerprint density at radius 2 is 1.95 bits per heavy atom. The second-order valence-corrected chi connectivity index (χ2v) is 5.38. The van der Waals surface area contributed by atoms with Gasteiger partial charge < -0.3 is 4.74 Å². The summed E-state index contributed by atoms with van der Waals surface area (Å²) >= 11 is 5.84. The minimum absolute atomic E-state index is 0.136. The summed E-state index contributed by atoms with van der Waals surface area (Å²) in [5, 5.41) is 4.44. The van der Waals surface area contributed by atoms with E-state index in [1.807, 2.05) is 38.1 Å². The molecule has 0 aromatic heterocycles. The first-order chi connectivity index (χ1) is 10.5. The molecule has 0 heterocycles. The molecule has 114 valence electrons. The van der Waals surface area contributed by atoms with E-state index in [9.17, 15) is 4.79 Å². The number of hydrogen-bond acceptors (Lipinski definition) is 3.